The minimum atomic E-state index is 0.0509. The van der Waals surface area contributed by atoms with Crippen molar-refractivity contribution < 1.29 is 4.52 Å². The summed E-state index contributed by atoms with van der Waals surface area (Å²) in [6.45, 7) is 4.28. The van der Waals surface area contributed by atoms with Gasteiger partial charge < -0.3 is 9.84 Å². The van der Waals surface area contributed by atoms with Crippen molar-refractivity contribution in [2.24, 2.45) is 0 Å². The molecule has 0 amide bonds. The quantitative estimate of drug-likeness (QED) is 0.934. The Hall–Kier alpha value is -1.10. The smallest absolute Gasteiger partial charge is 0.223 e. The molecule has 0 fully saturated rings. The number of hydrogen-bond donors (Lipinski definition) is 1. The van der Waals surface area contributed by atoms with E-state index in [2.05, 4.69) is 15.5 Å². The molecule has 1 atom stereocenters. The van der Waals surface area contributed by atoms with Crippen LogP contribution in [0.15, 0.2) is 22.7 Å². The van der Waals surface area contributed by atoms with Gasteiger partial charge in [-0.1, -0.05) is 40.5 Å². The first-order valence-electron chi connectivity index (χ1n) is 5.54. The average molecular weight is 286 g/mol. The lowest BCUT2D eigenvalue weighted by atomic mass is 10.1. The summed E-state index contributed by atoms with van der Waals surface area (Å²) < 4.78 is 4.90. The molecule has 6 heteroatoms. The Bertz CT molecular complexity index is 542. The SMILES string of the molecule is Cc1nc(CNC(C)c2cccc(Cl)c2Cl)no1. The Morgan fingerprint density at radius 1 is 1.39 bits per heavy atom. The van der Waals surface area contributed by atoms with E-state index in [9.17, 15) is 0 Å². The molecule has 96 valence electrons. The number of benzene rings is 1. The third kappa shape index (κ3) is 3.02. The van der Waals surface area contributed by atoms with Crippen LogP contribution >= 0.6 is 23.2 Å². The second-order valence-electron chi connectivity index (χ2n) is 3.98. The maximum Gasteiger partial charge on any atom is 0.223 e. The number of rotatable bonds is 4. The highest BCUT2D eigenvalue weighted by Gasteiger charge is 2.12. The van der Waals surface area contributed by atoms with Crippen molar-refractivity contribution in [3.63, 3.8) is 0 Å². The Labute approximate surface area is 115 Å². The third-order valence-corrected chi connectivity index (χ3v) is 3.42. The molecule has 1 unspecified atom stereocenters. The molecule has 1 N–H and O–H groups in total. The van der Waals surface area contributed by atoms with E-state index in [4.69, 9.17) is 27.7 Å². The summed E-state index contributed by atoms with van der Waals surface area (Å²) in [5, 5.41) is 8.21. The lowest BCUT2D eigenvalue weighted by molar-refractivity contribution is 0.384. The zero-order valence-corrected chi connectivity index (χ0v) is 11.6. The minimum absolute atomic E-state index is 0.0509. The molecule has 0 saturated carbocycles. The van der Waals surface area contributed by atoms with Gasteiger partial charge >= 0.3 is 0 Å². The molecule has 1 heterocycles. The number of nitrogens with one attached hydrogen (secondary N) is 1. The second kappa shape index (κ2) is 5.69. The van der Waals surface area contributed by atoms with Gasteiger partial charge in [0.1, 0.15) is 0 Å². The zero-order chi connectivity index (χ0) is 13.1. The van der Waals surface area contributed by atoms with Gasteiger partial charge in [-0.15, -0.1) is 0 Å². The largest absolute Gasteiger partial charge is 0.340 e. The van der Waals surface area contributed by atoms with Crippen molar-refractivity contribution in [2.45, 2.75) is 26.4 Å². The van der Waals surface area contributed by atoms with Crippen LogP contribution in [0.1, 0.15) is 30.2 Å². The lowest BCUT2D eigenvalue weighted by Gasteiger charge is -2.15. The highest BCUT2D eigenvalue weighted by Crippen LogP contribution is 2.29. The van der Waals surface area contributed by atoms with Crippen LogP contribution in [0, 0.1) is 6.92 Å². The molecule has 0 aliphatic rings. The molecule has 1 aromatic carbocycles. The zero-order valence-electron chi connectivity index (χ0n) is 10.1. The molecule has 18 heavy (non-hydrogen) atoms. The van der Waals surface area contributed by atoms with Gasteiger partial charge in [0.2, 0.25) is 5.89 Å². The van der Waals surface area contributed by atoms with E-state index in [1.807, 2.05) is 19.1 Å². The van der Waals surface area contributed by atoms with Crippen LogP contribution in [0.25, 0.3) is 0 Å². The second-order valence-corrected chi connectivity index (χ2v) is 4.76. The monoisotopic (exact) mass is 285 g/mol. The predicted molar refractivity (Wildman–Crippen MR) is 70.8 cm³/mol. The first-order valence-corrected chi connectivity index (χ1v) is 6.30. The van der Waals surface area contributed by atoms with Gasteiger partial charge in [-0.05, 0) is 18.6 Å². The summed E-state index contributed by atoms with van der Waals surface area (Å²) in [7, 11) is 0. The van der Waals surface area contributed by atoms with Crippen LogP contribution in [0.4, 0.5) is 0 Å². The lowest BCUT2D eigenvalue weighted by Crippen LogP contribution is -2.19. The number of aromatic nitrogens is 2. The van der Waals surface area contributed by atoms with Crippen molar-refractivity contribution in [1.82, 2.24) is 15.5 Å². The van der Waals surface area contributed by atoms with Crippen LogP contribution in [-0.2, 0) is 6.54 Å². The summed E-state index contributed by atoms with van der Waals surface area (Å²) in [5.41, 5.74) is 0.949. The summed E-state index contributed by atoms with van der Waals surface area (Å²) in [6.07, 6.45) is 0. The number of halogens is 2. The molecule has 0 saturated heterocycles. The van der Waals surface area contributed by atoms with E-state index >= 15 is 0 Å². The van der Waals surface area contributed by atoms with E-state index in [0.29, 0.717) is 28.3 Å². The van der Waals surface area contributed by atoms with E-state index in [1.165, 1.54) is 0 Å². The summed E-state index contributed by atoms with van der Waals surface area (Å²) in [5.74, 6) is 1.18. The Kier molecular flexibility index (Phi) is 4.22. The van der Waals surface area contributed by atoms with Crippen molar-refractivity contribution in [1.29, 1.82) is 0 Å². The molecule has 2 aromatic rings. The molecule has 0 radical (unpaired) electrons. The van der Waals surface area contributed by atoms with E-state index in [0.717, 1.165) is 5.56 Å². The average Bonchev–Trinajstić information content (AvgIpc) is 2.76. The topological polar surface area (TPSA) is 51.0 Å². The van der Waals surface area contributed by atoms with Gasteiger partial charge in [0.15, 0.2) is 5.82 Å². The fourth-order valence-corrected chi connectivity index (χ4v) is 2.09. The summed E-state index contributed by atoms with van der Waals surface area (Å²) in [6, 6.07) is 5.63. The molecule has 0 aliphatic carbocycles. The number of hydrogen-bond acceptors (Lipinski definition) is 4. The minimum Gasteiger partial charge on any atom is -0.340 e. The van der Waals surface area contributed by atoms with E-state index in [-0.39, 0.29) is 6.04 Å². The van der Waals surface area contributed by atoms with Gasteiger partial charge in [-0.3, -0.25) is 0 Å². The number of aryl methyl sites for hydroxylation is 1. The maximum atomic E-state index is 6.15. The van der Waals surface area contributed by atoms with Crippen molar-refractivity contribution in [3.8, 4) is 0 Å². The molecule has 1 aromatic heterocycles. The van der Waals surface area contributed by atoms with E-state index in [1.54, 1.807) is 13.0 Å². The molecule has 0 bridgehead atoms. The standard InChI is InChI=1S/C12H13Cl2N3O/c1-7(9-4-3-5-10(13)12(9)14)15-6-11-16-8(2)18-17-11/h3-5,7,15H,6H2,1-2H3. The normalized spacial score (nSPS) is 12.7. The van der Waals surface area contributed by atoms with Crippen LogP contribution < -0.4 is 5.32 Å². The van der Waals surface area contributed by atoms with Gasteiger partial charge in [0.05, 0.1) is 16.6 Å². The number of nitrogens with zero attached hydrogens (tertiary/aromatic N) is 2. The highest BCUT2D eigenvalue weighted by molar-refractivity contribution is 6.42. The molecule has 0 spiro atoms. The summed E-state index contributed by atoms with van der Waals surface area (Å²) >= 11 is 12.1. The molecule has 0 aliphatic heterocycles. The summed E-state index contributed by atoms with van der Waals surface area (Å²) in [4.78, 5) is 4.12. The maximum absolute atomic E-state index is 6.15. The van der Waals surface area contributed by atoms with Gasteiger partial charge in [0.25, 0.3) is 0 Å². The van der Waals surface area contributed by atoms with Crippen LogP contribution in [0.3, 0.4) is 0 Å². The van der Waals surface area contributed by atoms with Crippen molar-refractivity contribution >= 4 is 23.2 Å². The van der Waals surface area contributed by atoms with E-state index < -0.39 is 0 Å². The fraction of sp³-hybridized carbons (Fsp3) is 0.333. The Morgan fingerprint density at radius 3 is 2.83 bits per heavy atom. The fourth-order valence-electron chi connectivity index (χ4n) is 1.62. The third-order valence-electron chi connectivity index (χ3n) is 2.58. The van der Waals surface area contributed by atoms with Crippen LogP contribution in [0.5, 0.6) is 0 Å². The highest BCUT2D eigenvalue weighted by atomic mass is 35.5. The molecule has 2 rings (SSSR count). The van der Waals surface area contributed by atoms with Crippen molar-refractivity contribution in [3.05, 3.63) is 45.5 Å². The molecule has 4 nitrogen and oxygen atoms in total. The van der Waals surface area contributed by atoms with Gasteiger partial charge in [0, 0.05) is 13.0 Å². The van der Waals surface area contributed by atoms with Crippen molar-refractivity contribution in [2.75, 3.05) is 0 Å². The van der Waals surface area contributed by atoms with Crippen LogP contribution in [-0.4, -0.2) is 10.1 Å². The Balaban J connectivity index is 2.03. The first-order chi connectivity index (χ1) is 8.58. The van der Waals surface area contributed by atoms with Crippen LogP contribution in [0.2, 0.25) is 10.0 Å². The Morgan fingerprint density at radius 2 is 2.17 bits per heavy atom. The molecular weight excluding hydrogens is 273 g/mol. The van der Waals surface area contributed by atoms with Gasteiger partial charge in [-0.25, -0.2) is 0 Å². The predicted octanol–water partition coefficient (Wildman–Crippen LogP) is 3.54. The first kappa shape index (κ1) is 13.3. The molecular formula is C12H13Cl2N3O. The van der Waals surface area contributed by atoms with Gasteiger partial charge in [-0.2, -0.15) is 4.98 Å².